The predicted octanol–water partition coefficient (Wildman–Crippen LogP) is 4.03. The molecule has 0 bridgehead atoms. The number of aliphatic hydroxyl groups excluding tert-OH is 1. The van der Waals surface area contributed by atoms with Gasteiger partial charge in [-0.1, -0.05) is 29.5 Å². The highest BCUT2D eigenvalue weighted by Crippen LogP contribution is 2.37. The Balaban J connectivity index is 0.000000489. The van der Waals surface area contributed by atoms with Gasteiger partial charge in [0, 0.05) is 11.1 Å². The summed E-state index contributed by atoms with van der Waals surface area (Å²) in [7, 11) is 3.75. The number of nitrogens with zero attached hydrogens (tertiary/aromatic N) is 3. The highest BCUT2D eigenvalue weighted by Gasteiger charge is 2.18. The van der Waals surface area contributed by atoms with Crippen molar-refractivity contribution in [2.24, 2.45) is 0 Å². The van der Waals surface area contributed by atoms with Crippen LogP contribution in [-0.4, -0.2) is 48.4 Å². The topological polar surface area (TPSA) is 108 Å². The molecule has 0 spiro atoms. The van der Waals surface area contributed by atoms with E-state index in [1.54, 1.807) is 11.3 Å². The summed E-state index contributed by atoms with van der Waals surface area (Å²) in [5.74, 6) is 0.608. The van der Waals surface area contributed by atoms with Gasteiger partial charge in [-0.2, -0.15) is 5.26 Å². The highest BCUT2D eigenvalue weighted by molar-refractivity contribution is 7.17. The molecule has 0 fully saturated rings. The van der Waals surface area contributed by atoms with Crippen LogP contribution in [0.25, 0.3) is 21.1 Å². The van der Waals surface area contributed by atoms with E-state index in [4.69, 9.17) is 14.6 Å². The molecule has 0 amide bonds. The standard InChI is InChI=1S/C21H19N3OS.C2H7N.C2H4O2/c1-13(2)25-19-10-9-15(11-16(19)12-22)20-23-24-21(26-20)18-8-4-6-14-5-3-7-17(14)18;1-3-2;3-1-2-4/h4,6,8-11,13H,3,5,7H2,1-2H3;3H,1-2H3;1,4H,2H2. The van der Waals surface area contributed by atoms with E-state index in [2.05, 4.69) is 39.8 Å². The van der Waals surface area contributed by atoms with Gasteiger partial charge in [0.25, 0.3) is 0 Å². The second kappa shape index (κ2) is 13.4. The molecule has 1 aliphatic rings. The first-order chi connectivity index (χ1) is 16.0. The molecule has 0 unspecified atom stereocenters. The van der Waals surface area contributed by atoms with Gasteiger partial charge in [0.05, 0.1) is 18.3 Å². The molecule has 0 saturated carbocycles. The number of benzene rings is 2. The maximum atomic E-state index is 9.43. The van der Waals surface area contributed by atoms with Crippen LogP contribution in [0.1, 0.15) is 37.0 Å². The lowest BCUT2D eigenvalue weighted by Crippen LogP contribution is -2.06. The molecule has 3 aromatic rings. The van der Waals surface area contributed by atoms with E-state index in [0.717, 1.165) is 28.4 Å². The first-order valence-corrected chi connectivity index (χ1v) is 11.6. The maximum Gasteiger partial charge on any atom is 0.148 e. The Labute approximate surface area is 199 Å². The number of carbonyl (C=O) groups is 1. The molecule has 1 aliphatic carbocycles. The predicted molar refractivity (Wildman–Crippen MR) is 131 cm³/mol. The number of nitriles is 1. The Bertz CT molecular complexity index is 1090. The van der Waals surface area contributed by atoms with Gasteiger partial charge >= 0.3 is 0 Å². The first-order valence-electron chi connectivity index (χ1n) is 10.8. The van der Waals surface area contributed by atoms with E-state index >= 15 is 0 Å². The number of nitrogens with one attached hydrogen (secondary N) is 1. The van der Waals surface area contributed by atoms with Crippen molar-refractivity contribution >= 4 is 17.6 Å². The third-order valence-corrected chi connectivity index (χ3v) is 5.59. The SMILES string of the molecule is CC(C)Oc1ccc(-c2nnc(-c3cccc4c3CCC4)s2)cc1C#N.CNC.O=CCO. The monoisotopic (exact) mass is 466 g/mol. The highest BCUT2D eigenvalue weighted by atomic mass is 32.1. The van der Waals surface area contributed by atoms with E-state index in [9.17, 15) is 5.26 Å². The zero-order valence-corrected chi connectivity index (χ0v) is 20.3. The van der Waals surface area contributed by atoms with Gasteiger partial charge in [-0.15, -0.1) is 10.2 Å². The number of hydrogen-bond acceptors (Lipinski definition) is 8. The van der Waals surface area contributed by atoms with Crippen molar-refractivity contribution < 1.29 is 14.6 Å². The van der Waals surface area contributed by atoms with E-state index in [0.29, 0.717) is 17.6 Å². The van der Waals surface area contributed by atoms with E-state index in [-0.39, 0.29) is 12.7 Å². The van der Waals surface area contributed by atoms with Crippen molar-refractivity contribution in [2.75, 3.05) is 20.7 Å². The van der Waals surface area contributed by atoms with Crippen LogP contribution < -0.4 is 10.1 Å². The fraction of sp³-hybridized carbons (Fsp3) is 0.360. The van der Waals surface area contributed by atoms with Crippen LogP contribution in [0.15, 0.2) is 36.4 Å². The van der Waals surface area contributed by atoms with Crippen LogP contribution in [-0.2, 0) is 17.6 Å². The minimum absolute atomic E-state index is 0.0289. The molecule has 0 saturated heterocycles. The number of fused-ring (bicyclic) bond motifs is 1. The largest absolute Gasteiger partial charge is 0.490 e. The van der Waals surface area contributed by atoms with Gasteiger partial charge in [-0.25, -0.2) is 0 Å². The summed E-state index contributed by atoms with van der Waals surface area (Å²) in [5.41, 5.74) is 5.46. The second-order valence-corrected chi connectivity index (χ2v) is 8.53. The van der Waals surface area contributed by atoms with Crippen LogP contribution >= 0.6 is 11.3 Å². The van der Waals surface area contributed by atoms with Crippen LogP contribution in [0.2, 0.25) is 0 Å². The molecule has 4 rings (SSSR count). The third kappa shape index (κ3) is 7.19. The molecule has 0 radical (unpaired) electrons. The summed E-state index contributed by atoms with van der Waals surface area (Å²) in [5, 5.41) is 30.2. The molecule has 33 heavy (non-hydrogen) atoms. The Morgan fingerprint density at radius 1 is 1.21 bits per heavy atom. The maximum absolute atomic E-state index is 9.43. The van der Waals surface area contributed by atoms with Gasteiger partial charge in [0.1, 0.15) is 28.1 Å². The second-order valence-electron chi connectivity index (χ2n) is 7.55. The van der Waals surface area contributed by atoms with Crippen molar-refractivity contribution in [3.05, 3.63) is 53.1 Å². The summed E-state index contributed by atoms with van der Waals surface area (Å²) >= 11 is 1.57. The first kappa shape index (κ1) is 26.1. The normalized spacial score (nSPS) is 11.4. The molecule has 0 aliphatic heterocycles. The lowest BCUT2D eigenvalue weighted by molar-refractivity contribution is -0.110. The van der Waals surface area contributed by atoms with Gasteiger partial charge in [-0.3, -0.25) is 0 Å². The van der Waals surface area contributed by atoms with Crippen LogP contribution in [0.4, 0.5) is 0 Å². The van der Waals surface area contributed by atoms with Gasteiger partial charge < -0.3 is 20.0 Å². The van der Waals surface area contributed by atoms with Gasteiger partial charge in [-0.05, 0) is 76.5 Å². The lowest BCUT2D eigenvalue weighted by Gasteiger charge is -2.11. The lowest BCUT2D eigenvalue weighted by atomic mass is 10.0. The molecular weight excluding hydrogens is 436 g/mol. The van der Waals surface area contributed by atoms with Crippen molar-refractivity contribution in [2.45, 2.75) is 39.2 Å². The number of aryl methyl sites for hydroxylation is 1. The average molecular weight is 467 g/mol. The number of hydrogen-bond donors (Lipinski definition) is 2. The summed E-state index contributed by atoms with van der Waals surface area (Å²) in [4.78, 5) is 8.92. The molecule has 2 N–H and O–H groups in total. The Morgan fingerprint density at radius 2 is 1.91 bits per heavy atom. The van der Waals surface area contributed by atoms with Crippen molar-refractivity contribution in [3.63, 3.8) is 0 Å². The fourth-order valence-electron chi connectivity index (χ4n) is 3.38. The van der Waals surface area contributed by atoms with Crippen LogP contribution in [0, 0.1) is 11.3 Å². The Hall–Kier alpha value is -3.12. The molecule has 7 nitrogen and oxygen atoms in total. The summed E-state index contributed by atoms with van der Waals surface area (Å²) in [6.45, 7) is 3.54. The minimum atomic E-state index is -0.361. The van der Waals surface area contributed by atoms with E-state index in [1.807, 2.05) is 46.1 Å². The van der Waals surface area contributed by atoms with E-state index < -0.39 is 0 Å². The number of aldehydes is 1. The van der Waals surface area contributed by atoms with Gasteiger partial charge in [0.15, 0.2) is 0 Å². The summed E-state index contributed by atoms with van der Waals surface area (Å²) < 4.78 is 5.70. The zero-order valence-electron chi connectivity index (χ0n) is 19.5. The third-order valence-electron chi connectivity index (χ3n) is 4.59. The fourth-order valence-corrected chi connectivity index (χ4v) is 4.27. The number of carbonyl (C=O) groups excluding carboxylic acids is 1. The minimum Gasteiger partial charge on any atom is -0.490 e. The van der Waals surface area contributed by atoms with Crippen LogP contribution in [0.5, 0.6) is 5.75 Å². The van der Waals surface area contributed by atoms with Gasteiger partial charge in [0.2, 0.25) is 0 Å². The number of ether oxygens (including phenoxy) is 1. The van der Waals surface area contributed by atoms with Crippen molar-refractivity contribution in [1.82, 2.24) is 15.5 Å². The van der Waals surface area contributed by atoms with Crippen LogP contribution in [0.3, 0.4) is 0 Å². The van der Waals surface area contributed by atoms with Crippen molar-refractivity contribution in [1.29, 1.82) is 5.26 Å². The smallest absolute Gasteiger partial charge is 0.148 e. The number of rotatable bonds is 5. The summed E-state index contributed by atoms with van der Waals surface area (Å²) in [6, 6.07) is 14.3. The summed E-state index contributed by atoms with van der Waals surface area (Å²) in [6.07, 6.45) is 3.93. The Kier molecular flexibility index (Phi) is 10.6. The molecule has 2 aromatic carbocycles. The quantitative estimate of drug-likeness (QED) is 0.547. The Morgan fingerprint density at radius 3 is 2.55 bits per heavy atom. The molecule has 8 heteroatoms. The average Bonchev–Trinajstić information content (AvgIpc) is 3.49. The van der Waals surface area contributed by atoms with E-state index in [1.165, 1.54) is 23.1 Å². The molecule has 1 heterocycles. The molecule has 1 aromatic heterocycles. The molecule has 0 atom stereocenters. The number of aliphatic hydroxyl groups is 1. The molecular formula is C25H30N4O3S. The molecule has 174 valence electrons. The number of aromatic nitrogens is 2. The van der Waals surface area contributed by atoms with Crippen molar-refractivity contribution in [3.8, 4) is 33.0 Å². The zero-order chi connectivity index (χ0) is 24.2.